The SMILES string of the molecule is O=C(Nc1cc2cc(Br)ccc2cn1)C1CCC(C2CNCCO2)CC1. The zero-order valence-corrected chi connectivity index (χ0v) is 16.3. The van der Waals surface area contributed by atoms with Crippen LogP contribution in [-0.2, 0) is 9.53 Å². The maximum Gasteiger partial charge on any atom is 0.228 e. The highest BCUT2D eigenvalue weighted by Gasteiger charge is 2.32. The van der Waals surface area contributed by atoms with Crippen LogP contribution in [0, 0.1) is 11.8 Å². The number of morpholine rings is 1. The number of carbonyl (C=O) groups excluding carboxylic acids is 1. The third kappa shape index (κ3) is 4.08. The van der Waals surface area contributed by atoms with Gasteiger partial charge in [0.2, 0.25) is 5.91 Å². The predicted molar refractivity (Wildman–Crippen MR) is 106 cm³/mol. The minimum Gasteiger partial charge on any atom is -0.375 e. The van der Waals surface area contributed by atoms with Crippen LogP contribution >= 0.6 is 15.9 Å². The molecule has 1 atom stereocenters. The zero-order valence-electron chi connectivity index (χ0n) is 14.7. The Hall–Kier alpha value is -1.50. The van der Waals surface area contributed by atoms with E-state index in [1.807, 2.05) is 30.5 Å². The molecular formula is C20H24BrN3O2. The van der Waals surface area contributed by atoms with Crippen LogP contribution in [0.5, 0.6) is 0 Å². The number of ether oxygens (including phenoxy) is 1. The summed E-state index contributed by atoms with van der Waals surface area (Å²) < 4.78 is 6.90. The molecule has 138 valence electrons. The molecule has 1 unspecified atom stereocenters. The second kappa shape index (κ2) is 8.03. The number of amides is 1. The summed E-state index contributed by atoms with van der Waals surface area (Å²) in [7, 11) is 0. The maximum atomic E-state index is 12.6. The van der Waals surface area contributed by atoms with E-state index in [1.54, 1.807) is 0 Å². The van der Waals surface area contributed by atoms with Crippen molar-refractivity contribution in [2.45, 2.75) is 31.8 Å². The molecule has 1 amide bonds. The van der Waals surface area contributed by atoms with Gasteiger partial charge in [0, 0.05) is 35.1 Å². The van der Waals surface area contributed by atoms with Gasteiger partial charge in [0.1, 0.15) is 5.82 Å². The Morgan fingerprint density at radius 1 is 1.19 bits per heavy atom. The Bertz CT molecular complexity index is 784. The van der Waals surface area contributed by atoms with Gasteiger partial charge in [-0.2, -0.15) is 0 Å². The van der Waals surface area contributed by atoms with Gasteiger partial charge in [-0.1, -0.05) is 22.0 Å². The molecular weight excluding hydrogens is 394 g/mol. The first-order valence-corrected chi connectivity index (χ1v) is 10.2. The van der Waals surface area contributed by atoms with Crippen LogP contribution in [0.3, 0.4) is 0 Å². The normalized spacial score (nSPS) is 26.6. The van der Waals surface area contributed by atoms with Crippen LogP contribution < -0.4 is 10.6 Å². The van der Waals surface area contributed by atoms with E-state index >= 15 is 0 Å². The number of carbonyl (C=O) groups is 1. The van der Waals surface area contributed by atoms with Crippen molar-refractivity contribution in [3.05, 3.63) is 34.9 Å². The first kappa shape index (κ1) is 17.9. The molecule has 2 aliphatic rings. The lowest BCUT2D eigenvalue weighted by Crippen LogP contribution is -2.44. The number of aromatic nitrogens is 1. The summed E-state index contributed by atoms with van der Waals surface area (Å²) in [5.41, 5.74) is 0. The van der Waals surface area contributed by atoms with E-state index in [9.17, 15) is 4.79 Å². The van der Waals surface area contributed by atoms with Crippen molar-refractivity contribution < 1.29 is 9.53 Å². The maximum absolute atomic E-state index is 12.6. The number of halogens is 1. The van der Waals surface area contributed by atoms with Gasteiger partial charge in [-0.15, -0.1) is 0 Å². The van der Waals surface area contributed by atoms with E-state index in [-0.39, 0.29) is 11.8 Å². The van der Waals surface area contributed by atoms with Crippen LogP contribution in [-0.4, -0.2) is 36.7 Å². The lowest BCUT2D eigenvalue weighted by Gasteiger charge is -2.35. The second-order valence-electron chi connectivity index (χ2n) is 7.28. The number of hydrogen-bond donors (Lipinski definition) is 2. The summed E-state index contributed by atoms with van der Waals surface area (Å²) in [6.07, 6.45) is 6.09. The number of fused-ring (bicyclic) bond motifs is 1. The molecule has 1 aromatic carbocycles. The predicted octanol–water partition coefficient (Wildman–Crippen LogP) is 3.73. The van der Waals surface area contributed by atoms with Crippen molar-refractivity contribution >= 4 is 38.4 Å². The summed E-state index contributed by atoms with van der Waals surface area (Å²) >= 11 is 3.49. The third-order valence-electron chi connectivity index (χ3n) is 5.56. The Labute approximate surface area is 162 Å². The summed E-state index contributed by atoms with van der Waals surface area (Å²) in [4.78, 5) is 17.0. The molecule has 1 aliphatic heterocycles. The van der Waals surface area contributed by atoms with Crippen LogP contribution in [0.25, 0.3) is 10.8 Å². The van der Waals surface area contributed by atoms with E-state index in [0.717, 1.165) is 60.6 Å². The molecule has 2 heterocycles. The molecule has 1 saturated carbocycles. The minimum absolute atomic E-state index is 0.0720. The van der Waals surface area contributed by atoms with Gasteiger partial charge in [-0.3, -0.25) is 4.79 Å². The van der Waals surface area contributed by atoms with Crippen LogP contribution in [0.2, 0.25) is 0 Å². The molecule has 4 rings (SSSR count). The summed E-state index contributed by atoms with van der Waals surface area (Å²) in [5, 5.41) is 8.54. The van der Waals surface area contributed by atoms with Gasteiger partial charge >= 0.3 is 0 Å². The highest BCUT2D eigenvalue weighted by atomic mass is 79.9. The molecule has 6 heteroatoms. The molecule has 0 bridgehead atoms. The smallest absolute Gasteiger partial charge is 0.228 e. The monoisotopic (exact) mass is 417 g/mol. The second-order valence-corrected chi connectivity index (χ2v) is 8.19. The summed E-state index contributed by atoms with van der Waals surface area (Å²) in [5.74, 6) is 1.36. The highest BCUT2D eigenvalue weighted by molar-refractivity contribution is 9.10. The van der Waals surface area contributed by atoms with Crippen LogP contribution in [0.1, 0.15) is 25.7 Å². The molecule has 1 aromatic heterocycles. The average molecular weight is 418 g/mol. The number of nitrogens with one attached hydrogen (secondary N) is 2. The minimum atomic E-state index is 0.0720. The highest BCUT2D eigenvalue weighted by Crippen LogP contribution is 2.33. The molecule has 0 radical (unpaired) electrons. The van der Waals surface area contributed by atoms with Gasteiger partial charge in [-0.05, 0) is 55.2 Å². The lowest BCUT2D eigenvalue weighted by atomic mass is 9.78. The van der Waals surface area contributed by atoms with Crippen LogP contribution in [0.15, 0.2) is 34.9 Å². The molecule has 2 fully saturated rings. The van der Waals surface area contributed by atoms with Crippen molar-refractivity contribution in [3.63, 3.8) is 0 Å². The fraction of sp³-hybridized carbons (Fsp3) is 0.500. The Balaban J connectivity index is 1.35. The molecule has 2 aromatic rings. The standard InChI is InChI=1S/C20H24BrN3O2/c21-17-6-5-15-11-23-19(10-16(15)9-17)24-20(25)14-3-1-13(2-4-14)18-12-22-7-8-26-18/h5-6,9-11,13-14,18,22H,1-4,7-8,12H2,(H,23,24,25). The summed E-state index contributed by atoms with van der Waals surface area (Å²) in [6.45, 7) is 2.69. The third-order valence-corrected chi connectivity index (χ3v) is 6.05. The van der Waals surface area contributed by atoms with E-state index in [4.69, 9.17) is 4.74 Å². The first-order valence-electron chi connectivity index (χ1n) is 9.37. The van der Waals surface area contributed by atoms with Crippen molar-refractivity contribution in [1.29, 1.82) is 0 Å². The van der Waals surface area contributed by atoms with Crippen LogP contribution in [0.4, 0.5) is 5.82 Å². The van der Waals surface area contributed by atoms with Gasteiger partial charge in [0.05, 0.1) is 12.7 Å². The Morgan fingerprint density at radius 3 is 2.81 bits per heavy atom. The lowest BCUT2D eigenvalue weighted by molar-refractivity contribution is -0.121. The largest absolute Gasteiger partial charge is 0.375 e. The van der Waals surface area contributed by atoms with Gasteiger partial charge in [0.25, 0.3) is 0 Å². The number of rotatable bonds is 3. The fourth-order valence-electron chi connectivity index (χ4n) is 4.05. The van der Waals surface area contributed by atoms with Gasteiger partial charge in [0.15, 0.2) is 0 Å². The zero-order chi connectivity index (χ0) is 17.9. The molecule has 1 saturated heterocycles. The molecule has 26 heavy (non-hydrogen) atoms. The quantitative estimate of drug-likeness (QED) is 0.798. The van der Waals surface area contributed by atoms with Gasteiger partial charge in [-0.25, -0.2) is 4.98 Å². The van der Waals surface area contributed by atoms with E-state index in [0.29, 0.717) is 17.8 Å². The Morgan fingerprint density at radius 2 is 2.04 bits per heavy atom. The Kier molecular flexibility index (Phi) is 5.52. The first-order chi connectivity index (χ1) is 12.7. The number of nitrogens with zero attached hydrogens (tertiary/aromatic N) is 1. The number of benzene rings is 1. The van der Waals surface area contributed by atoms with Crippen molar-refractivity contribution in [1.82, 2.24) is 10.3 Å². The van der Waals surface area contributed by atoms with Crippen molar-refractivity contribution in [2.75, 3.05) is 25.0 Å². The molecule has 5 nitrogen and oxygen atoms in total. The van der Waals surface area contributed by atoms with E-state index in [1.165, 1.54) is 0 Å². The molecule has 1 aliphatic carbocycles. The fourth-order valence-corrected chi connectivity index (χ4v) is 4.43. The number of pyridine rings is 1. The number of hydrogen-bond acceptors (Lipinski definition) is 4. The number of anilines is 1. The van der Waals surface area contributed by atoms with E-state index in [2.05, 4.69) is 31.5 Å². The molecule has 0 spiro atoms. The van der Waals surface area contributed by atoms with Crippen molar-refractivity contribution in [2.24, 2.45) is 11.8 Å². The van der Waals surface area contributed by atoms with Crippen molar-refractivity contribution in [3.8, 4) is 0 Å². The van der Waals surface area contributed by atoms with E-state index < -0.39 is 0 Å². The topological polar surface area (TPSA) is 63.2 Å². The summed E-state index contributed by atoms with van der Waals surface area (Å²) in [6, 6.07) is 7.98. The molecule has 2 N–H and O–H groups in total. The average Bonchev–Trinajstić information content (AvgIpc) is 2.68. The van der Waals surface area contributed by atoms with Gasteiger partial charge < -0.3 is 15.4 Å².